The highest BCUT2D eigenvalue weighted by atomic mass is 32.1. The maximum absolute atomic E-state index is 12.8. The molecule has 7 nitrogen and oxygen atoms in total. The third-order valence-electron chi connectivity index (χ3n) is 5.57. The Bertz CT molecular complexity index is 1170. The highest BCUT2D eigenvalue weighted by Gasteiger charge is 2.31. The maximum Gasteiger partial charge on any atom is 0.339 e. The van der Waals surface area contributed by atoms with Gasteiger partial charge in [0.2, 0.25) is 0 Å². The van der Waals surface area contributed by atoms with Crippen molar-refractivity contribution < 1.29 is 23.9 Å². The number of furan rings is 1. The lowest BCUT2D eigenvalue weighted by Gasteiger charge is -2.26. The molecule has 3 aromatic rings. The Labute approximate surface area is 189 Å². The molecule has 32 heavy (non-hydrogen) atoms. The van der Waals surface area contributed by atoms with Crippen LogP contribution >= 0.6 is 11.3 Å². The number of amides is 2. The van der Waals surface area contributed by atoms with Crippen molar-refractivity contribution in [2.24, 2.45) is 0 Å². The lowest BCUT2D eigenvalue weighted by Crippen LogP contribution is -2.35. The van der Waals surface area contributed by atoms with Crippen LogP contribution in [0, 0.1) is 0 Å². The van der Waals surface area contributed by atoms with Crippen LogP contribution < -0.4 is 5.32 Å². The number of thiophene rings is 1. The van der Waals surface area contributed by atoms with E-state index in [2.05, 4.69) is 26.1 Å². The van der Waals surface area contributed by atoms with Crippen LogP contribution in [0.3, 0.4) is 0 Å². The van der Waals surface area contributed by atoms with E-state index in [1.165, 1.54) is 23.9 Å². The number of hydrogen-bond acceptors (Lipinski definition) is 5. The SMILES string of the molecule is CC(C)(C)c1ccc(C(=O)Nc2sc3c(c2C(=O)O)CCN(C(=O)c2ccoc2)C3)cc1. The summed E-state index contributed by atoms with van der Waals surface area (Å²) in [6, 6.07) is 8.91. The van der Waals surface area contributed by atoms with Crippen LogP contribution in [-0.2, 0) is 18.4 Å². The summed E-state index contributed by atoms with van der Waals surface area (Å²) in [5.74, 6) is -1.62. The number of fused-ring (bicyclic) bond motifs is 1. The summed E-state index contributed by atoms with van der Waals surface area (Å²) in [7, 11) is 0. The zero-order valence-corrected chi connectivity index (χ0v) is 18.9. The minimum atomic E-state index is -1.09. The average molecular weight is 453 g/mol. The average Bonchev–Trinajstić information content (AvgIpc) is 3.40. The molecule has 0 aliphatic carbocycles. The molecule has 1 aromatic carbocycles. The highest BCUT2D eigenvalue weighted by molar-refractivity contribution is 7.17. The van der Waals surface area contributed by atoms with E-state index in [-0.39, 0.29) is 22.8 Å². The monoisotopic (exact) mass is 452 g/mol. The van der Waals surface area contributed by atoms with Gasteiger partial charge in [0.25, 0.3) is 11.8 Å². The fourth-order valence-electron chi connectivity index (χ4n) is 3.76. The van der Waals surface area contributed by atoms with Crippen LogP contribution in [0.1, 0.15) is 67.8 Å². The summed E-state index contributed by atoms with van der Waals surface area (Å²) >= 11 is 1.21. The number of nitrogens with zero attached hydrogens (tertiary/aromatic N) is 1. The predicted octanol–water partition coefficient (Wildman–Crippen LogP) is 4.79. The van der Waals surface area contributed by atoms with E-state index in [9.17, 15) is 19.5 Å². The van der Waals surface area contributed by atoms with Crippen LogP contribution in [0.4, 0.5) is 5.00 Å². The van der Waals surface area contributed by atoms with E-state index in [1.54, 1.807) is 23.1 Å². The molecular weight excluding hydrogens is 428 g/mol. The zero-order chi connectivity index (χ0) is 23.0. The molecule has 0 saturated carbocycles. The molecule has 2 amide bonds. The Kier molecular flexibility index (Phi) is 5.64. The van der Waals surface area contributed by atoms with Gasteiger partial charge in [-0.3, -0.25) is 9.59 Å². The third-order valence-corrected chi connectivity index (χ3v) is 6.70. The van der Waals surface area contributed by atoms with Gasteiger partial charge in [-0.2, -0.15) is 0 Å². The largest absolute Gasteiger partial charge is 0.478 e. The number of carbonyl (C=O) groups is 3. The number of benzene rings is 1. The van der Waals surface area contributed by atoms with Gasteiger partial charge in [-0.25, -0.2) is 4.79 Å². The highest BCUT2D eigenvalue weighted by Crippen LogP contribution is 2.38. The first kappa shape index (κ1) is 21.8. The number of hydrogen-bond donors (Lipinski definition) is 2. The summed E-state index contributed by atoms with van der Waals surface area (Å²) in [5, 5.41) is 12.9. The zero-order valence-electron chi connectivity index (χ0n) is 18.1. The molecule has 0 fully saturated rings. The molecule has 2 aromatic heterocycles. The normalized spacial score (nSPS) is 13.5. The predicted molar refractivity (Wildman–Crippen MR) is 122 cm³/mol. The number of nitrogens with one attached hydrogen (secondary N) is 1. The quantitative estimate of drug-likeness (QED) is 0.593. The second-order valence-electron chi connectivity index (χ2n) is 8.78. The second kappa shape index (κ2) is 8.27. The van der Waals surface area contributed by atoms with Gasteiger partial charge in [0.05, 0.1) is 23.9 Å². The van der Waals surface area contributed by atoms with Gasteiger partial charge in [0.1, 0.15) is 11.3 Å². The van der Waals surface area contributed by atoms with E-state index >= 15 is 0 Å². The molecule has 1 aliphatic rings. The van der Waals surface area contributed by atoms with Crippen molar-refractivity contribution in [1.29, 1.82) is 0 Å². The van der Waals surface area contributed by atoms with Crippen LogP contribution in [0.15, 0.2) is 47.3 Å². The van der Waals surface area contributed by atoms with Crippen molar-refractivity contribution in [3.05, 3.63) is 75.6 Å². The van der Waals surface area contributed by atoms with Crippen molar-refractivity contribution in [2.45, 2.75) is 39.2 Å². The number of carboxylic acids is 1. The number of anilines is 1. The van der Waals surface area contributed by atoms with Crippen LogP contribution in [0.25, 0.3) is 0 Å². The molecule has 1 aliphatic heterocycles. The van der Waals surface area contributed by atoms with Crippen LogP contribution in [0.2, 0.25) is 0 Å². The Morgan fingerprint density at radius 2 is 1.81 bits per heavy atom. The van der Waals surface area contributed by atoms with Crippen LogP contribution in [-0.4, -0.2) is 34.3 Å². The number of carboxylic acid groups (broad SMARTS) is 1. The van der Waals surface area contributed by atoms with Crippen LogP contribution in [0.5, 0.6) is 0 Å². The van der Waals surface area contributed by atoms with Gasteiger partial charge >= 0.3 is 5.97 Å². The minimum Gasteiger partial charge on any atom is -0.478 e. The molecular formula is C24H24N2O5S. The topological polar surface area (TPSA) is 99.9 Å². The van der Waals surface area contributed by atoms with Gasteiger partial charge in [-0.1, -0.05) is 32.9 Å². The smallest absolute Gasteiger partial charge is 0.339 e. The molecule has 0 saturated heterocycles. The minimum absolute atomic E-state index is 0.0297. The fourth-order valence-corrected chi connectivity index (χ4v) is 5.01. The van der Waals surface area contributed by atoms with Gasteiger partial charge < -0.3 is 19.7 Å². The molecule has 166 valence electrons. The van der Waals surface area contributed by atoms with Crippen molar-refractivity contribution in [1.82, 2.24) is 4.90 Å². The molecule has 3 heterocycles. The standard InChI is InChI=1S/C24H24N2O5S/c1-24(2,3)16-6-4-14(5-7-16)20(27)25-21-19(23(29)30)17-8-10-26(12-18(17)32-21)22(28)15-9-11-31-13-15/h4-7,9,11,13H,8,10,12H2,1-3H3,(H,25,27)(H,29,30). The molecule has 2 N–H and O–H groups in total. The van der Waals surface area contributed by atoms with E-state index in [0.29, 0.717) is 41.2 Å². The molecule has 0 radical (unpaired) electrons. The summed E-state index contributed by atoms with van der Waals surface area (Å²) < 4.78 is 4.99. The van der Waals surface area contributed by atoms with E-state index in [4.69, 9.17) is 4.42 Å². The van der Waals surface area contributed by atoms with E-state index in [1.807, 2.05) is 12.1 Å². The summed E-state index contributed by atoms with van der Waals surface area (Å²) in [6.07, 6.45) is 3.25. The fraction of sp³-hybridized carbons (Fsp3) is 0.292. The molecule has 4 rings (SSSR count). The summed E-state index contributed by atoms with van der Waals surface area (Å²) in [4.78, 5) is 39.9. The summed E-state index contributed by atoms with van der Waals surface area (Å²) in [5.41, 5.74) is 2.78. The lowest BCUT2D eigenvalue weighted by atomic mass is 9.87. The lowest BCUT2D eigenvalue weighted by molar-refractivity contribution is 0.0696. The number of aromatic carboxylic acids is 1. The Morgan fingerprint density at radius 1 is 1.09 bits per heavy atom. The number of rotatable bonds is 4. The van der Waals surface area contributed by atoms with Gasteiger partial charge in [-0.05, 0) is 41.2 Å². The second-order valence-corrected chi connectivity index (χ2v) is 9.89. The maximum atomic E-state index is 12.8. The van der Waals surface area contributed by atoms with Crippen molar-refractivity contribution in [3.8, 4) is 0 Å². The molecule has 0 atom stereocenters. The van der Waals surface area contributed by atoms with Gasteiger partial charge in [0.15, 0.2) is 0 Å². The molecule has 0 unspecified atom stereocenters. The van der Waals surface area contributed by atoms with Gasteiger partial charge in [0, 0.05) is 17.0 Å². The van der Waals surface area contributed by atoms with E-state index in [0.717, 1.165) is 10.4 Å². The number of carbonyl (C=O) groups excluding carboxylic acids is 2. The van der Waals surface area contributed by atoms with Gasteiger partial charge in [-0.15, -0.1) is 11.3 Å². The molecule has 0 bridgehead atoms. The van der Waals surface area contributed by atoms with Crippen molar-refractivity contribution in [3.63, 3.8) is 0 Å². The molecule has 8 heteroatoms. The Morgan fingerprint density at radius 3 is 2.41 bits per heavy atom. The summed E-state index contributed by atoms with van der Waals surface area (Å²) in [6.45, 7) is 6.98. The van der Waals surface area contributed by atoms with E-state index < -0.39 is 5.97 Å². The first-order valence-corrected chi connectivity index (χ1v) is 11.1. The first-order valence-electron chi connectivity index (χ1n) is 10.3. The Hall–Kier alpha value is -3.39. The third kappa shape index (κ3) is 4.18. The van der Waals surface area contributed by atoms with Crippen molar-refractivity contribution >= 4 is 34.1 Å². The van der Waals surface area contributed by atoms with Crippen molar-refractivity contribution in [2.75, 3.05) is 11.9 Å². The Balaban J connectivity index is 1.57. The molecule has 0 spiro atoms. The first-order chi connectivity index (χ1) is 15.1.